The standard InChI is InChI=1S/C22H20ClN5O2/c1-15-5-7-17(8-6-15)21(29)24-9-10-28-20-19(12-26-28)22(30)27(14-25-20)13-16-3-2-4-18(23)11-16/h2-8,11-12,14H,9-10,13H2,1H3,(H,24,29). The zero-order valence-corrected chi connectivity index (χ0v) is 17.1. The van der Waals surface area contributed by atoms with Crippen molar-refractivity contribution in [2.75, 3.05) is 6.54 Å². The third-order valence-corrected chi connectivity index (χ3v) is 5.02. The minimum absolute atomic E-state index is 0.150. The van der Waals surface area contributed by atoms with Gasteiger partial charge in [0.1, 0.15) is 11.7 Å². The molecule has 2 heterocycles. The average Bonchev–Trinajstić information content (AvgIpc) is 3.14. The van der Waals surface area contributed by atoms with Crippen LogP contribution in [0, 0.1) is 6.92 Å². The van der Waals surface area contributed by atoms with Gasteiger partial charge in [0.25, 0.3) is 11.5 Å². The van der Waals surface area contributed by atoms with Crippen LogP contribution in [-0.2, 0) is 13.1 Å². The minimum atomic E-state index is -0.171. The second-order valence-electron chi connectivity index (χ2n) is 7.03. The number of carbonyl (C=O) groups excluding carboxylic acids is 1. The first-order chi connectivity index (χ1) is 14.5. The summed E-state index contributed by atoms with van der Waals surface area (Å²) in [6, 6.07) is 14.7. The highest BCUT2D eigenvalue weighted by Gasteiger charge is 2.11. The van der Waals surface area contributed by atoms with Gasteiger partial charge in [-0.05, 0) is 36.8 Å². The van der Waals surface area contributed by atoms with Gasteiger partial charge < -0.3 is 5.32 Å². The van der Waals surface area contributed by atoms with Crippen LogP contribution in [-0.4, -0.2) is 31.8 Å². The van der Waals surface area contributed by atoms with Gasteiger partial charge in [-0.2, -0.15) is 5.10 Å². The van der Waals surface area contributed by atoms with E-state index in [0.29, 0.717) is 41.3 Å². The predicted octanol–water partition coefficient (Wildman–Crippen LogP) is 3.03. The summed E-state index contributed by atoms with van der Waals surface area (Å²) in [5, 5.41) is 8.19. The van der Waals surface area contributed by atoms with E-state index in [4.69, 9.17) is 11.6 Å². The average molecular weight is 422 g/mol. The summed E-state index contributed by atoms with van der Waals surface area (Å²) in [4.78, 5) is 29.4. The number of benzene rings is 2. The smallest absolute Gasteiger partial charge is 0.264 e. The number of hydrogen-bond donors (Lipinski definition) is 1. The Balaban J connectivity index is 1.45. The Morgan fingerprint density at radius 2 is 1.97 bits per heavy atom. The first-order valence-electron chi connectivity index (χ1n) is 9.51. The van der Waals surface area contributed by atoms with Gasteiger partial charge in [-0.15, -0.1) is 0 Å². The van der Waals surface area contributed by atoms with Crippen molar-refractivity contribution in [1.82, 2.24) is 24.6 Å². The van der Waals surface area contributed by atoms with E-state index in [1.165, 1.54) is 17.1 Å². The normalized spacial score (nSPS) is 11.0. The van der Waals surface area contributed by atoms with Gasteiger partial charge in [0, 0.05) is 17.1 Å². The molecule has 0 saturated carbocycles. The maximum Gasteiger partial charge on any atom is 0.264 e. The maximum atomic E-state index is 12.8. The molecule has 0 atom stereocenters. The van der Waals surface area contributed by atoms with E-state index >= 15 is 0 Å². The first kappa shape index (κ1) is 19.8. The van der Waals surface area contributed by atoms with Crippen LogP contribution in [0.3, 0.4) is 0 Å². The summed E-state index contributed by atoms with van der Waals surface area (Å²) in [7, 11) is 0. The molecular weight excluding hydrogens is 402 g/mol. The number of aryl methyl sites for hydroxylation is 1. The molecule has 0 bridgehead atoms. The van der Waals surface area contributed by atoms with Crippen molar-refractivity contribution >= 4 is 28.5 Å². The lowest BCUT2D eigenvalue weighted by Crippen LogP contribution is -2.27. The van der Waals surface area contributed by atoms with Crippen LogP contribution in [0.15, 0.2) is 65.8 Å². The molecule has 1 N–H and O–H groups in total. The van der Waals surface area contributed by atoms with Gasteiger partial charge >= 0.3 is 0 Å². The number of hydrogen-bond acceptors (Lipinski definition) is 4. The molecule has 152 valence electrons. The number of nitrogens with zero attached hydrogens (tertiary/aromatic N) is 4. The Labute approximate surface area is 177 Å². The third kappa shape index (κ3) is 4.26. The summed E-state index contributed by atoms with van der Waals surface area (Å²) >= 11 is 6.02. The Hall–Kier alpha value is -3.45. The van der Waals surface area contributed by atoms with Gasteiger partial charge in [0.2, 0.25) is 0 Å². The SMILES string of the molecule is Cc1ccc(C(=O)NCCn2ncc3c(=O)n(Cc4cccc(Cl)c4)cnc32)cc1. The van der Waals surface area contributed by atoms with Gasteiger partial charge in [0.05, 0.1) is 19.3 Å². The van der Waals surface area contributed by atoms with E-state index < -0.39 is 0 Å². The van der Waals surface area contributed by atoms with E-state index in [2.05, 4.69) is 15.4 Å². The Morgan fingerprint density at radius 1 is 1.17 bits per heavy atom. The lowest BCUT2D eigenvalue weighted by Gasteiger charge is -2.08. The number of nitrogens with one attached hydrogen (secondary N) is 1. The van der Waals surface area contributed by atoms with Crippen LogP contribution < -0.4 is 10.9 Å². The topological polar surface area (TPSA) is 81.8 Å². The molecule has 0 aliphatic rings. The van der Waals surface area contributed by atoms with Gasteiger partial charge in [-0.1, -0.05) is 41.4 Å². The lowest BCUT2D eigenvalue weighted by molar-refractivity contribution is 0.0952. The van der Waals surface area contributed by atoms with Crippen LogP contribution in [0.2, 0.25) is 5.02 Å². The number of rotatable bonds is 6. The summed E-state index contributed by atoms with van der Waals surface area (Å²) in [6.07, 6.45) is 3.02. The number of carbonyl (C=O) groups is 1. The fraction of sp³-hybridized carbons (Fsp3) is 0.182. The van der Waals surface area contributed by atoms with Crippen LogP contribution in [0.4, 0.5) is 0 Å². The molecule has 8 heteroatoms. The molecule has 0 saturated heterocycles. The highest BCUT2D eigenvalue weighted by molar-refractivity contribution is 6.30. The van der Waals surface area contributed by atoms with Gasteiger partial charge in [-0.25, -0.2) is 9.67 Å². The number of halogens is 1. The highest BCUT2D eigenvalue weighted by Crippen LogP contribution is 2.12. The molecule has 0 unspecified atom stereocenters. The largest absolute Gasteiger partial charge is 0.350 e. The number of fused-ring (bicyclic) bond motifs is 1. The predicted molar refractivity (Wildman–Crippen MR) is 116 cm³/mol. The molecule has 2 aromatic carbocycles. The van der Waals surface area contributed by atoms with Crippen molar-refractivity contribution < 1.29 is 4.79 Å². The molecule has 2 aromatic heterocycles. The van der Waals surface area contributed by atoms with Crippen molar-refractivity contribution in [2.24, 2.45) is 0 Å². The Kier molecular flexibility index (Phi) is 5.63. The Bertz CT molecular complexity index is 1260. The van der Waals surface area contributed by atoms with Crippen LogP contribution in [0.25, 0.3) is 11.0 Å². The zero-order valence-electron chi connectivity index (χ0n) is 16.4. The monoisotopic (exact) mass is 421 g/mol. The molecule has 30 heavy (non-hydrogen) atoms. The van der Waals surface area contributed by atoms with E-state index in [0.717, 1.165) is 11.1 Å². The summed E-state index contributed by atoms with van der Waals surface area (Å²) in [5.74, 6) is -0.150. The van der Waals surface area contributed by atoms with E-state index in [1.54, 1.807) is 22.9 Å². The lowest BCUT2D eigenvalue weighted by atomic mass is 10.1. The molecular formula is C22H20ClN5O2. The van der Waals surface area contributed by atoms with Crippen molar-refractivity contribution in [1.29, 1.82) is 0 Å². The molecule has 0 aliphatic carbocycles. The summed E-state index contributed by atoms with van der Waals surface area (Å²) in [5.41, 5.74) is 2.94. The van der Waals surface area contributed by atoms with E-state index in [9.17, 15) is 9.59 Å². The molecule has 0 spiro atoms. The number of amides is 1. The second-order valence-corrected chi connectivity index (χ2v) is 7.47. The fourth-order valence-corrected chi connectivity index (χ4v) is 3.40. The number of aromatic nitrogens is 4. The van der Waals surface area contributed by atoms with Crippen molar-refractivity contribution in [2.45, 2.75) is 20.0 Å². The third-order valence-electron chi connectivity index (χ3n) is 4.79. The van der Waals surface area contributed by atoms with Crippen LogP contribution in [0.1, 0.15) is 21.5 Å². The molecule has 7 nitrogen and oxygen atoms in total. The molecule has 0 fully saturated rings. The van der Waals surface area contributed by atoms with Gasteiger partial charge in [0.15, 0.2) is 5.65 Å². The molecule has 1 amide bonds. The quantitative estimate of drug-likeness (QED) is 0.518. The fourth-order valence-electron chi connectivity index (χ4n) is 3.19. The van der Waals surface area contributed by atoms with Crippen molar-refractivity contribution in [3.8, 4) is 0 Å². The molecule has 4 rings (SSSR count). The van der Waals surface area contributed by atoms with Crippen molar-refractivity contribution in [3.05, 3.63) is 93.1 Å². The highest BCUT2D eigenvalue weighted by atomic mass is 35.5. The second kappa shape index (κ2) is 8.51. The van der Waals surface area contributed by atoms with E-state index in [1.807, 2.05) is 37.3 Å². The summed E-state index contributed by atoms with van der Waals surface area (Å²) < 4.78 is 3.15. The van der Waals surface area contributed by atoms with Crippen LogP contribution in [0.5, 0.6) is 0 Å². The molecule has 4 aromatic rings. The first-order valence-corrected chi connectivity index (χ1v) is 9.89. The molecule has 0 radical (unpaired) electrons. The molecule has 0 aliphatic heterocycles. The Morgan fingerprint density at radius 3 is 2.73 bits per heavy atom. The van der Waals surface area contributed by atoms with Crippen molar-refractivity contribution in [3.63, 3.8) is 0 Å². The van der Waals surface area contributed by atoms with Gasteiger partial charge in [-0.3, -0.25) is 14.2 Å². The van der Waals surface area contributed by atoms with E-state index in [-0.39, 0.29) is 11.5 Å². The maximum absolute atomic E-state index is 12.8. The zero-order chi connectivity index (χ0) is 21.1. The summed E-state index contributed by atoms with van der Waals surface area (Å²) in [6.45, 7) is 3.13. The minimum Gasteiger partial charge on any atom is -0.350 e. The van der Waals surface area contributed by atoms with Crippen LogP contribution >= 0.6 is 11.6 Å².